The molecule has 0 aliphatic heterocycles. The molecule has 2 bridgehead atoms. The van der Waals surface area contributed by atoms with E-state index in [9.17, 15) is 0 Å². The van der Waals surface area contributed by atoms with Crippen LogP contribution in [0.15, 0.2) is 0 Å². The first kappa shape index (κ1) is 12.0. The Bertz CT molecular complexity index is 304. The minimum absolute atomic E-state index is 0.527. The molecule has 0 saturated heterocycles. The van der Waals surface area contributed by atoms with Gasteiger partial charge in [0.2, 0.25) is 0 Å². The predicted molar refractivity (Wildman–Crippen MR) is 73.0 cm³/mol. The largest absolute Gasteiger partial charge is 0.310 e. The summed E-state index contributed by atoms with van der Waals surface area (Å²) >= 11 is 0. The number of rotatable bonds is 2. The van der Waals surface area contributed by atoms with Crippen LogP contribution in [0.25, 0.3) is 0 Å². The van der Waals surface area contributed by atoms with Gasteiger partial charge in [-0.2, -0.15) is 0 Å². The molecule has 3 saturated carbocycles. The van der Waals surface area contributed by atoms with Crippen molar-refractivity contribution < 1.29 is 0 Å². The van der Waals surface area contributed by atoms with Gasteiger partial charge in [-0.1, -0.05) is 27.7 Å². The van der Waals surface area contributed by atoms with E-state index >= 15 is 0 Å². The van der Waals surface area contributed by atoms with E-state index in [1.165, 1.54) is 38.5 Å². The SMILES string of the molecule is CC1CCC(NC2C(C)(C)[C@H]3CC[C@]2(C)C3)C1. The first-order valence-corrected chi connectivity index (χ1v) is 7.68. The molecule has 0 aromatic heterocycles. The fourth-order valence-corrected chi connectivity index (χ4v) is 5.31. The second kappa shape index (κ2) is 3.73. The van der Waals surface area contributed by atoms with Crippen LogP contribution in [-0.4, -0.2) is 12.1 Å². The lowest BCUT2D eigenvalue weighted by Gasteiger charge is -2.44. The molecule has 1 N–H and O–H groups in total. The maximum Gasteiger partial charge on any atom is 0.0177 e. The van der Waals surface area contributed by atoms with Crippen LogP contribution in [0.3, 0.4) is 0 Å². The molecule has 0 amide bonds. The van der Waals surface area contributed by atoms with Gasteiger partial charge in [-0.25, -0.2) is 0 Å². The third-order valence-corrected chi connectivity index (χ3v) is 6.37. The molecule has 0 aromatic carbocycles. The highest BCUT2D eigenvalue weighted by Gasteiger charge is 2.59. The molecule has 3 fully saturated rings. The van der Waals surface area contributed by atoms with Crippen molar-refractivity contribution in [3.63, 3.8) is 0 Å². The van der Waals surface area contributed by atoms with Crippen LogP contribution in [0.4, 0.5) is 0 Å². The molecule has 17 heavy (non-hydrogen) atoms. The standard InChI is InChI=1S/C16H29N/c1-11-5-6-13(9-11)17-14-15(2,3)12-7-8-16(14,4)10-12/h11-14,17H,5-10H2,1-4H3/t11?,12-,13?,14?,16+/m0/s1. The van der Waals surface area contributed by atoms with E-state index in [1.54, 1.807) is 0 Å². The maximum atomic E-state index is 4.07. The van der Waals surface area contributed by atoms with E-state index in [2.05, 4.69) is 33.0 Å². The summed E-state index contributed by atoms with van der Waals surface area (Å²) in [5.41, 5.74) is 1.12. The number of fused-ring (bicyclic) bond motifs is 2. The Labute approximate surface area is 107 Å². The molecule has 0 radical (unpaired) electrons. The van der Waals surface area contributed by atoms with Gasteiger partial charge in [0.15, 0.2) is 0 Å². The molecule has 98 valence electrons. The highest BCUT2D eigenvalue weighted by atomic mass is 15.0. The highest BCUT2D eigenvalue weighted by Crippen LogP contribution is 2.62. The van der Waals surface area contributed by atoms with Gasteiger partial charge in [-0.15, -0.1) is 0 Å². The van der Waals surface area contributed by atoms with E-state index in [0.717, 1.165) is 23.9 Å². The fourth-order valence-electron chi connectivity index (χ4n) is 5.31. The van der Waals surface area contributed by atoms with Gasteiger partial charge in [-0.05, 0) is 61.2 Å². The summed E-state index contributed by atoms with van der Waals surface area (Å²) in [7, 11) is 0. The van der Waals surface area contributed by atoms with Gasteiger partial charge in [0.1, 0.15) is 0 Å². The first-order valence-electron chi connectivity index (χ1n) is 7.68. The summed E-state index contributed by atoms with van der Waals surface area (Å²) in [5, 5.41) is 4.07. The topological polar surface area (TPSA) is 12.0 Å². The van der Waals surface area contributed by atoms with Crippen molar-refractivity contribution in [2.24, 2.45) is 22.7 Å². The Morgan fingerprint density at radius 3 is 2.35 bits per heavy atom. The molecule has 0 heterocycles. The van der Waals surface area contributed by atoms with Crippen LogP contribution < -0.4 is 5.32 Å². The molecule has 3 aliphatic rings. The quantitative estimate of drug-likeness (QED) is 0.763. The van der Waals surface area contributed by atoms with E-state index in [4.69, 9.17) is 0 Å². The normalized spacial score (nSPS) is 52.2. The molecule has 0 spiro atoms. The van der Waals surface area contributed by atoms with Crippen molar-refractivity contribution in [2.75, 3.05) is 0 Å². The van der Waals surface area contributed by atoms with Crippen LogP contribution in [0.1, 0.15) is 66.2 Å². The molecule has 3 unspecified atom stereocenters. The van der Waals surface area contributed by atoms with Gasteiger partial charge in [0.25, 0.3) is 0 Å². The lowest BCUT2D eigenvalue weighted by molar-refractivity contribution is 0.0984. The van der Waals surface area contributed by atoms with Crippen LogP contribution >= 0.6 is 0 Å². The Balaban J connectivity index is 1.74. The average molecular weight is 235 g/mol. The lowest BCUT2D eigenvalue weighted by Crippen LogP contribution is -2.53. The third kappa shape index (κ3) is 1.77. The van der Waals surface area contributed by atoms with E-state index in [1.807, 2.05) is 0 Å². The van der Waals surface area contributed by atoms with Crippen molar-refractivity contribution in [3.8, 4) is 0 Å². The van der Waals surface area contributed by atoms with E-state index in [-0.39, 0.29) is 0 Å². The zero-order valence-corrected chi connectivity index (χ0v) is 12.1. The van der Waals surface area contributed by atoms with Gasteiger partial charge in [-0.3, -0.25) is 0 Å². The number of hydrogen-bond acceptors (Lipinski definition) is 1. The summed E-state index contributed by atoms with van der Waals surface area (Å²) in [5.74, 6) is 1.92. The fraction of sp³-hybridized carbons (Fsp3) is 1.00. The number of nitrogens with one attached hydrogen (secondary N) is 1. The minimum atomic E-state index is 0.527. The van der Waals surface area contributed by atoms with Gasteiger partial charge < -0.3 is 5.32 Å². The molecular weight excluding hydrogens is 206 g/mol. The van der Waals surface area contributed by atoms with Crippen molar-refractivity contribution in [1.82, 2.24) is 5.32 Å². The second-order valence-electron chi connectivity index (χ2n) is 8.13. The molecule has 3 rings (SSSR count). The second-order valence-corrected chi connectivity index (χ2v) is 8.13. The Hall–Kier alpha value is -0.0400. The molecule has 1 nitrogen and oxygen atoms in total. The number of hydrogen-bond donors (Lipinski definition) is 1. The lowest BCUT2D eigenvalue weighted by atomic mass is 9.68. The van der Waals surface area contributed by atoms with Crippen LogP contribution in [-0.2, 0) is 0 Å². The Kier molecular flexibility index (Phi) is 2.63. The van der Waals surface area contributed by atoms with Crippen molar-refractivity contribution in [3.05, 3.63) is 0 Å². The summed E-state index contributed by atoms with van der Waals surface area (Å²) < 4.78 is 0. The van der Waals surface area contributed by atoms with Gasteiger partial charge in [0.05, 0.1) is 0 Å². The Morgan fingerprint density at radius 2 is 1.82 bits per heavy atom. The van der Waals surface area contributed by atoms with Crippen molar-refractivity contribution in [2.45, 2.75) is 78.3 Å². The monoisotopic (exact) mass is 235 g/mol. The molecule has 1 heteroatoms. The predicted octanol–water partition coefficient (Wildman–Crippen LogP) is 3.98. The first-order chi connectivity index (χ1) is 7.92. The molecule has 0 aromatic rings. The zero-order valence-electron chi connectivity index (χ0n) is 12.1. The van der Waals surface area contributed by atoms with Gasteiger partial charge in [0, 0.05) is 12.1 Å². The summed E-state index contributed by atoms with van der Waals surface area (Å²) in [4.78, 5) is 0. The summed E-state index contributed by atoms with van der Waals surface area (Å²) in [6.07, 6.45) is 8.66. The molecule has 5 atom stereocenters. The van der Waals surface area contributed by atoms with E-state index < -0.39 is 0 Å². The van der Waals surface area contributed by atoms with Crippen molar-refractivity contribution >= 4 is 0 Å². The molecule has 3 aliphatic carbocycles. The molecular formula is C16H29N. The zero-order chi connectivity index (χ0) is 12.3. The van der Waals surface area contributed by atoms with Crippen LogP contribution in [0.5, 0.6) is 0 Å². The van der Waals surface area contributed by atoms with Crippen LogP contribution in [0.2, 0.25) is 0 Å². The average Bonchev–Trinajstić information content (AvgIpc) is 2.85. The summed E-state index contributed by atoms with van der Waals surface area (Å²) in [6, 6.07) is 1.58. The highest BCUT2D eigenvalue weighted by molar-refractivity contribution is 5.12. The minimum Gasteiger partial charge on any atom is -0.310 e. The summed E-state index contributed by atoms with van der Waals surface area (Å²) in [6.45, 7) is 9.98. The van der Waals surface area contributed by atoms with Crippen molar-refractivity contribution in [1.29, 1.82) is 0 Å². The maximum absolute atomic E-state index is 4.07. The smallest absolute Gasteiger partial charge is 0.0177 e. The Morgan fingerprint density at radius 1 is 1.06 bits per heavy atom. The van der Waals surface area contributed by atoms with Gasteiger partial charge >= 0.3 is 0 Å². The third-order valence-electron chi connectivity index (χ3n) is 6.37. The van der Waals surface area contributed by atoms with Crippen LogP contribution in [0, 0.1) is 22.7 Å². The van der Waals surface area contributed by atoms with E-state index in [0.29, 0.717) is 10.8 Å².